The van der Waals surface area contributed by atoms with Gasteiger partial charge in [-0.05, 0) is 12.1 Å². The second kappa shape index (κ2) is 17.6. The van der Waals surface area contributed by atoms with Gasteiger partial charge in [0.1, 0.15) is 5.75 Å². The van der Waals surface area contributed by atoms with Crippen LogP contribution in [0, 0.1) is 13.0 Å². The molecule has 0 radical (unpaired) electrons. The summed E-state index contributed by atoms with van der Waals surface area (Å²) in [6.45, 7) is 3.07. The van der Waals surface area contributed by atoms with Crippen LogP contribution in [0.15, 0.2) is 48.6 Å². The molecule has 19 heavy (non-hydrogen) atoms. The van der Waals surface area contributed by atoms with Gasteiger partial charge in [0.05, 0.1) is 0 Å². The first kappa shape index (κ1) is 27.0. The van der Waals surface area contributed by atoms with Crippen LogP contribution in [0.25, 0.3) is 0 Å². The van der Waals surface area contributed by atoms with Crippen molar-refractivity contribution in [2.75, 3.05) is 0 Å². The van der Waals surface area contributed by atoms with Crippen LogP contribution in [-0.2, 0) is 26.5 Å². The molecule has 0 amide bonds. The molecule has 0 unspecified atom stereocenters. The standard InChI is InChI=1S/C8H7O2.C5H5.3ClH.Ti/c1-7(9)10-8-5-3-2-4-6-8;1-2-4-5-3-1;;;;/h2-6H,1H2;1-3H,4H2;3*1H;/q2*-1;;;;+2. The molecule has 2 rings (SSSR count). The number of hydrogen-bond donors (Lipinski definition) is 0. The third kappa shape index (κ3) is 15.6. The fraction of sp³-hybridized carbons (Fsp3) is 0.0769. The van der Waals surface area contributed by atoms with E-state index in [4.69, 9.17) is 0 Å². The minimum Gasteiger partial charge on any atom is -0.452 e. The van der Waals surface area contributed by atoms with Crippen LogP contribution in [0.1, 0.15) is 6.42 Å². The number of ether oxygens (including phenoxy) is 1. The molecule has 6 heteroatoms. The van der Waals surface area contributed by atoms with Crippen molar-refractivity contribution in [3.05, 3.63) is 61.6 Å². The molecule has 0 atom stereocenters. The smallest absolute Gasteiger partial charge is 0.452 e. The number of allylic oxidation sites excluding steroid dienone is 4. The summed E-state index contributed by atoms with van der Waals surface area (Å²) in [6, 6.07) is 8.82. The van der Waals surface area contributed by atoms with E-state index in [1.54, 1.807) is 24.3 Å². The fourth-order valence-electron chi connectivity index (χ4n) is 0.960. The minimum absolute atomic E-state index is 0. The zero-order valence-corrected chi connectivity index (χ0v) is 14.1. The summed E-state index contributed by atoms with van der Waals surface area (Å²) in [5.41, 5.74) is 0. The van der Waals surface area contributed by atoms with Crippen LogP contribution in [-0.4, -0.2) is 5.97 Å². The Labute approximate surface area is 147 Å². The molecule has 0 fully saturated rings. The summed E-state index contributed by atoms with van der Waals surface area (Å²) in [6.07, 6.45) is 10.0. The van der Waals surface area contributed by atoms with Crippen molar-refractivity contribution in [3.8, 4) is 5.75 Å². The summed E-state index contributed by atoms with van der Waals surface area (Å²) in [4.78, 5) is 10.3. The Morgan fingerprint density at radius 3 is 2.05 bits per heavy atom. The molecule has 0 saturated carbocycles. The van der Waals surface area contributed by atoms with Crippen LogP contribution in [0.5, 0.6) is 5.75 Å². The number of carbonyl (C=O) groups excluding carboxylic acids is 1. The first-order chi connectivity index (χ1) is 7.29. The van der Waals surface area contributed by atoms with Gasteiger partial charge in [-0.2, -0.15) is 6.08 Å². The summed E-state index contributed by atoms with van der Waals surface area (Å²) in [5.74, 6) is -0.00583. The second-order valence-corrected chi connectivity index (χ2v) is 2.79. The summed E-state index contributed by atoms with van der Waals surface area (Å²) >= 11 is 0. The number of halogens is 3. The van der Waals surface area contributed by atoms with E-state index in [-0.39, 0.29) is 58.9 Å². The van der Waals surface area contributed by atoms with Crippen LogP contribution < -0.4 is 4.74 Å². The van der Waals surface area contributed by atoms with Gasteiger partial charge in [-0.15, -0.1) is 43.6 Å². The zero-order chi connectivity index (χ0) is 10.9. The van der Waals surface area contributed by atoms with Crippen molar-refractivity contribution in [3.63, 3.8) is 0 Å². The number of esters is 1. The average molecular weight is 357 g/mol. The number of carbonyl (C=O) groups is 1. The molecule has 1 aromatic carbocycles. The average Bonchev–Trinajstić information content (AvgIpc) is 2.76. The molecular formula is C13H15Cl3O2Ti. The van der Waals surface area contributed by atoms with E-state index in [9.17, 15) is 4.79 Å². The van der Waals surface area contributed by atoms with E-state index < -0.39 is 5.97 Å². The fourth-order valence-corrected chi connectivity index (χ4v) is 0.960. The van der Waals surface area contributed by atoms with Gasteiger partial charge < -0.3 is 4.74 Å². The molecule has 0 saturated heterocycles. The topological polar surface area (TPSA) is 26.3 Å². The Balaban J connectivity index is -0.000000110. The second-order valence-electron chi connectivity index (χ2n) is 2.79. The maximum Gasteiger partial charge on any atom is 2.00 e. The van der Waals surface area contributed by atoms with E-state index in [0.717, 1.165) is 6.42 Å². The maximum absolute atomic E-state index is 10.3. The molecule has 104 valence electrons. The van der Waals surface area contributed by atoms with Crippen molar-refractivity contribution in [1.82, 2.24) is 0 Å². The molecule has 0 heterocycles. The zero-order valence-electron chi connectivity index (χ0n) is 10.1. The number of hydrogen-bond acceptors (Lipinski definition) is 2. The SMILES string of the molecule is Cl.Cl.Cl.[C-]1=CC=CC1.[CH2-]C(=O)Oc1ccccc1.[Ti+2]. The van der Waals surface area contributed by atoms with Gasteiger partial charge in [-0.3, -0.25) is 17.8 Å². The molecular weight excluding hydrogens is 342 g/mol. The monoisotopic (exact) mass is 356 g/mol. The van der Waals surface area contributed by atoms with Crippen LogP contribution in [0.4, 0.5) is 0 Å². The van der Waals surface area contributed by atoms with Gasteiger partial charge >= 0.3 is 21.7 Å². The molecule has 0 spiro atoms. The van der Waals surface area contributed by atoms with E-state index in [0.29, 0.717) is 5.75 Å². The van der Waals surface area contributed by atoms with Gasteiger partial charge in [-0.25, -0.2) is 12.2 Å². The summed E-state index contributed by atoms with van der Waals surface area (Å²) in [7, 11) is 0. The van der Waals surface area contributed by atoms with E-state index >= 15 is 0 Å². The number of benzene rings is 1. The maximum atomic E-state index is 10.3. The molecule has 1 aliphatic rings. The van der Waals surface area contributed by atoms with Crippen LogP contribution >= 0.6 is 37.2 Å². The molecule has 0 aromatic heterocycles. The largest absolute Gasteiger partial charge is 2.00 e. The first-order valence-electron chi connectivity index (χ1n) is 4.59. The summed E-state index contributed by atoms with van der Waals surface area (Å²) < 4.78 is 4.66. The molecule has 0 bridgehead atoms. The Morgan fingerprint density at radius 2 is 1.74 bits per heavy atom. The molecule has 0 N–H and O–H groups in total. The Bertz CT molecular complexity index is 357. The van der Waals surface area contributed by atoms with E-state index in [1.807, 2.05) is 18.2 Å². The molecule has 0 aliphatic heterocycles. The summed E-state index contributed by atoms with van der Waals surface area (Å²) in [5, 5.41) is 0. The quantitative estimate of drug-likeness (QED) is 0.329. The third-order valence-corrected chi connectivity index (χ3v) is 1.56. The van der Waals surface area contributed by atoms with E-state index in [1.165, 1.54) is 0 Å². The van der Waals surface area contributed by atoms with Crippen molar-refractivity contribution < 1.29 is 31.2 Å². The van der Waals surface area contributed by atoms with Crippen molar-refractivity contribution in [1.29, 1.82) is 0 Å². The van der Waals surface area contributed by atoms with E-state index in [2.05, 4.69) is 23.8 Å². The number of rotatable bonds is 1. The number of para-hydroxylation sites is 1. The minimum atomic E-state index is -0.536. The Kier molecular flexibility index (Phi) is 25.1. The van der Waals surface area contributed by atoms with Crippen LogP contribution in [0.2, 0.25) is 0 Å². The third-order valence-electron chi connectivity index (χ3n) is 1.56. The molecule has 2 nitrogen and oxygen atoms in total. The van der Waals surface area contributed by atoms with Gasteiger partial charge in [0.2, 0.25) is 0 Å². The van der Waals surface area contributed by atoms with Gasteiger partial charge in [0.25, 0.3) is 0 Å². The Hall–Kier alpha value is -0.376. The van der Waals surface area contributed by atoms with Crippen LogP contribution in [0.3, 0.4) is 0 Å². The van der Waals surface area contributed by atoms with Gasteiger partial charge in [-0.1, -0.05) is 18.2 Å². The predicted molar refractivity (Wildman–Crippen MR) is 80.7 cm³/mol. The van der Waals surface area contributed by atoms with Gasteiger partial charge in [0.15, 0.2) is 5.97 Å². The first-order valence-corrected chi connectivity index (χ1v) is 4.59. The van der Waals surface area contributed by atoms with Crippen molar-refractivity contribution in [2.45, 2.75) is 6.42 Å². The Morgan fingerprint density at radius 1 is 1.16 bits per heavy atom. The van der Waals surface area contributed by atoms with Crippen molar-refractivity contribution in [2.24, 2.45) is 0 Å². The van der Waals surface area contributed by atoms with Crippen molar-refractivity contribution >= 4 is 43.2 Å². The van der Waals surface area contributed by atoms with Gasteiger partial charge in [0, 0.05) is 0 Å². The normalized spacial score (nSPS) is 9.26. The molecule has 1 aliphatic carbocycles. The predicted octanol–water partition coefficient (Wildman–Crippen LogP) is 3.99. The molecule has 1 aromatic rings.